The normalized spacial score (nSPS) is 27.1. The van der Waals surface area contributed by atoms with E-state index in [0.29, 0.717) is 12.8 Å². The van der Waals surface area contributed by atoms with E-state index in [-0.39, 0.29) is 19.4 Å². The summed E-state index contributed by atoms with van der Waals surface area (Å²) < 4.78 is 33.4. The van der Waals surface area contributed by atoms with E-state index in [4.69, 9.17) is 28.4 Å². The molecule has 2 aliphatic heterocycles. The number of rotatable bonds is 36. The Balaban J connectivity index is 1.86. The lowest BCUT2D eigenvalue weighted by molar-refractivity contribution is -0.332. The molecule has 0 bridgehead atoms. The molecule has 0 aromatic heterocycles. The zero-order valence-corrected chi connectivity index (χ0v) is 38.3. The summed E-state index contributed by atoms with van der Waals surface area (Å²) in [4.78, 5) is 25.6. The Bertz CT molecular complexity index is 1240. The van der Waals surface area contributed by atoms with Crippen molar-refractivity contribution in [3.8, 4) is 0 Å². The van der Waals surface area contributed by atoms with Crippen LogP contribution in [0.5, 0.6) is 0 Å². The van der Waals surface area contributed by atoms with Crippen LogP contribution in [0.3, 0.4) is 0 Å². The van der Waals surface area contributed by atoms with Crippen LogP contribution in [0.1, 0.15) is 162 Å². The van der Waals surface area contributed by atoms with Gasteiger partial charge in [0, 0.05) is 12.8 Å². The highest BCUT2D eigenvalue weighted by atomic mass is 16.7. The molecule has 2 heterocycles. The van der Waals surface area contributed by atoms with Gasteiger partial charge in [0.1, 0.15) is 55.4 Å². The molecule has 15 heteroatoms. The number of allylic oxidation sites excluding steroid dienone is 6. The molecule has 7 N–H and O–H groups in total. The molecule has 2 aliphatic rings. The van der Waals surface area contributed by atoms with E-state index in [2.05, 4.69) is 50.3 Å². The Morgan fingerprint density at radius 2 is 0.952 bits per heavy atom. The van der Waals surface area contributed by atoms with Gasteiger partial charge in [0.25, 0.3) is 0 Å². The molecule has 0 amide bonds. The number of carbonyl (C=O) groups is 2. The lowest BCUT2D eigenvalue weighted by Gasteiger charge is -2.42. The molecule has 0 aromatic carbocycles. The zero-order chi connectivity index (χ0) is 46.1. The molecular formula is C48H84O15. The molecule has 11 atom stereocenters. The van der Waals surface area contributed by atoms with E-state index in [9.17, 15) is 45.3 Å². The minimum absolute atomic E-state index is 0.121. The molecule has 0 radical (unpaired) electrons. The maximum absolute atomic E-state index is 12.9. The van der Waals surface area contributed by atoms with Gasteiger partial charge < -0.3 is 64.2 Å². The van der Waals surface area contributed by atoms with E-state index in [1.165, 1.54) is 57.8 Å². The molecule has 366 valence electrons. The first-order valence-electron chi connectivity index (χ1n) is 24.1. The van der Waals surface area contributed by atoms with Crippen molar-refractivity contribution in [2.45, 2.75) is 229 Å². The molecule has 0 spiro atoms. The predicted molar refractivity (Wildman–Crippen MR) is 238 cm³/mol. The van der Waals surface area contributed by atoms with Crippen LogP contribution >= 0.6 is 0 Å². The molecule has 0 saturated carbocycles. The van der Waals surface area contributed by atoms with E-state index in [1.807, 2.05) is 0 Å². The maximum Gasteiger partial charge on any atom is 0.306 e. The van der Waals surface area contributed by atoms with Gasteiger partial charge in [-0.3, -0.25) is 9.59 Å². The van der Waals surface area contributed by atoms with Crippen molar-refractivity contribution in [3.05, 3.63) is 36.5 Å². The summed E-state index contributed by atoms with van der Waals surface area (Å²) in [6.45, 7) is 2.50. The summed E-state index contributed by atoms with van der Waals surface area (Å²) in [7, 11) is 0. The fourth-order valence-corrected chi connectivity index (χ4v) is 7.30. The number of esters is 2. The Labute approximate surface area is 376 Å². The van der Waals surface area contributed by atoms with Crippen LogP contribution in [0.4, 0.5) is 0 Å². The second kappa shape index (κ2) is 35.9. The van der Waals surface area contributed by atoms with Crippen molar-refractivity contribution in [2.75, 3.05) is 26.4 Å². The standard InChI is InChI=1S/C48H84O15/c1-3-5-7-9-11-13-15-17-18-19-21-23-25-27-29-31-40(51)61-36(33-58-39(50)30-28-26-24-22-20-16-14-12-10-8-6-4-2)34-59-47-46(57)44(55)42(53)38(63-47)35-60-48-45(56)43(54)41(52)37(32-49)62-48/h12,14,17-18,21,23,36-38,41-49,52-57H,3-11,13,15-16,19-20,22,24-35H2,1-2H3/b14-12+,18-17+,23-21+/t36-,37-,38-,41+,42+,43?,44?,45?,46?,47-,48-/m1/s1. The summed E-state index contributed by atoms with van der Waals surface area (Å²) in [6.07, 6.45) is 19.0. The third-order valence-corrected chi connectivity index (χ3v) is 11.3. The highest BCUT2D eigenvalue weighted by Crippen LogP contribution is 2.26. The van der Waals surface area contributed by atoms with Crippen LogP contribution in [-0.4, -0.2) is 142 Å². The average molecular weight is 901 g/mol. The minimum atomic E-state index is -1.77. The van der Waals surface area contributed by atoms with Crippen LogP contribution < -0.4 is 0 Å². The van der Waals surface area contributed by atoms with Crippen molar-refractivity contribution in [2.24, 2.45) is 0 Å². The van der Waals surface area contributed by atoms with Crippen LogP contribution in [0.2, 0.25) is 0 Å². The third kappa shape index (κ3) is 24.7. The Hall–Kier alpha value is -2.28. The third-order valence-electron chi connectivity index (χ3n) is 11.3. The maximum atomic E-state index is 12.9. The highest BCUT2D eigenvalue weighted by molar-refractivity contribution is 5.70. The lowest BCUT2D eigenvalue weighted by Crippen LogP contribution is -2.61. The van der Waals surface area contributed by atoms with Crippen LogP contribution in [-0.2, 0) is 38.0 Å². The Morgan fingerprint density at radius 3 is 1.56 bits per heavy atom. The molecule has 0 aromatic rings. The topological polar surface area (TPSA) is 231 Å². The second-order valence-electron chi connectivity index (χ2n) is 16.9. The number of aliphatic hydroxyl groups excluding tert-OH is 7. The van der Waals surface area contributed by atoms with E-state index < -0.39 is 99.3 Å². The molecule has 2 rings (SSSR count). The van der Waals surface area contributed by atoms with Crippen LogP contribution in [0.15, 0.2) is 36.5 Å². The number of unbranched alkanes of at least 4 members (excludes halogenated alkanes) is 16. The summed E-state index contributed by atoms with van der Waals surface area (Å²) in [5.41, 5.74) is 0. The van der Waals surface area contributed by atoms with Gasteiger partial charge in [-0.05, 0) is 70.6 Å². The van der Waals surface area contributed by atoms with E-state index in [1.54, 1.807) is 0 Å². The predicted octanol–water partition coefficient (Wildman–Crippen LogP) is 5.76. The zero-order valence-electron chi connectivity index (χ0n) is 38.3. The monoisotopic (exact) mass is 901 g/mol. The smallest absolute Gasteiger partial charge is 0.306 e. The van der Waals surface area contributed by atoms with Crippen molar-refractivity contribution in [3.63, 3.8) is 0 Å². The number of hydrogen-bond acceptors (Lipinski definition) is 15. The van der Waals surface area contributed by atoms with Gasteiger partial charge >= 0.3 is 11.9 Å². The van der Waals surface area contributed by atoms with Gasteiger partial charge in [0.15, 0.2) is 18.7 Å². The first-order chi connectivity index (χ1) is 30.5. The Kier molecular flexibility index (Phi) is 32.4. The van der Waals surface area contributed by atoms with Crippen molar-refractivity contribution in [1.82, 2.24) is 0 Å². The quantitative estimate of drug-likeness (QED) is 0.0225. The van der Waals surface area contributed by atoms with Crippen LogP contribution in [0, 0.1) is 0 Å². The molecule has 2 fully saturated rings. The van der Waals surface area contributed by atoms with Gasteiger partial charge in [0.05, 0.1) is 19.8 Å². The fourth-order valence-electron chi connectivity index (χ4n) is 7.30. The van der Waals surface area contributed by atoms with Gasteiger partial charge in [-0.25, -0.2) is 0 Å². The molecular weight excluding hydrogens is 817 g/mol. The summed E-state index contributed by atoms with van der Waals surface area (Å²) in [5.74, 6) is -0.976. The van der Waals surface area contributed by atoms with Gasteiger partial charge in [-0.1, -0.05) is 115 Å². The number of carbonyl (C=O) groups excluding carboxylic acids is 2. The molecule has 0 aliphatic carbocycles. The van der Waals surface area contributed by atoms with E-state index in [0.717, 1.165) is 64.2 Å². The second-order valence-corrected chi connectivity index (χ2v) is 16.9. The van der Waals surface area contributed by atoms with E-state index >= 15 is 0 Å². The van der Waals surface area contributed by atoms with Gasteiger partial charge in [-0.2, -0.15) is 0 Å². The minimum Gasteiger partial charge on any atom is -0.462 e. The Morgan fingerprint density at radius 1 is 0.508 bits per heavy atom. The molecule has 2 saturated heterocycles. The van der Waals surface area contributed by atoms with Crippen molar-refractivity contribution in [1.29, 1.82) is 0 Å². The molecule has 4 unspecified atom stereocenters. The number of aliphatic hydroxyl groups is 7. The first-order valence-corrected chi connectivity index (χ1v) is 24.1. The summed E-state index contributed by atoms with van der Waals surface area (Å²) in [5, 5.41) is 71.9. The number of hydrogen-bond donors (Lipinski definition) is 7. The van der Waals surface area contributed by atoms with Crippen molar-refractivity contribution >= 4 is 11.9 Å². The van der Waals surface area contributed by atoms with Crippen LogP contribution in [0.25, 0.3) is 0 Å². The van der Waals surface area contributed by atoms with Crippen molar-refractivity contribution < 1.29 is 73.8 Å². The highest BCUT2D eigenvalue weighted by Gasteiger charge is 2.47. The largest absolute Gasteiger partial charge is 0.462 e. The number of ether oxygens (including phenoxy) is 6. The lowest BCUT2D eigenvalue weighted by atomic mass is 9.98. The summed E-state index contributed by atoms with van der Waals surface area (Å²) in [6, 6.07) is 0. The molecule has 15 nitrogen and oxygen atoms in total. The van der Waals surface area contributed by atoms with Gasteiger partial charge in [-0.15, -0.1) is 0 Å². The summed E-state index contributed by atoms with van der Waals surface area (Å²) >= 11 is 0. The fraction of sp³-hybridized carbons (Fsp3) is 0.833. The molecule has 63 heavy (non-hydrogen) atoms. The van der Waals surface area contributed by atoms with Gasteiger partial charge in [0.2, 0.25) is 0 Å². The SMILES string of the molecule is CCCCC/C=C/CCCCCCCC(=O)OC[C@H](CO[C@@H]1O[C@H](CO[C@@H]2O[C@H](CO)[C@H](O)C(O)C2O)[C@H](O)C(O)C1O)OC(=O)CCCC/C=C/C/C=C/CCCCCCCC. The average Bonchev–Trinajstić information content (AvgIpc) is 3.28. The first kappa shape index (κ1) is 56.8.